The molecule has 0 saturated carbocycles. The number of carbonyl (C=O) groups excluding carboxylic acids is 1. The second kappa shape index (κ2) is 5.27. The van der Waals surface area contributed by atoms with E-state index in [4.69, 9.17) is 0 Å². The first kappa shape index (κ1) is 12.0. The zero-order valence-corrected chi connectivity index (χ0v) is 10.5. The highest BCUT2D eigenvalue weighted by atomic mass is 16.2. The minimum atomic E-state index is 0.139. The highest BCUT2D eigenvalue weighted by Gasteiger charge is 2.22. The first-order chi connectivity index (χ1) is 8.22. The Morgan fingerprint density at radius 2 is 2.06 bits per heavy atom. The van der Waals surface area contributed by atoms with Gasteiger partial charge in [0, 0.05) is 44.1 Å². The highest BCUT2D eigenvalue weighted by Crippen LogP contribution is 2.11. The van der Waals surface area contributed by atoms with Gasteiger partial charge in [0.05, 0.1) is 0 Å². The van der Waals surface area contributed by atoms with E-state index in [2.05, 4.69) is 16.8 Å². The van der Waals surface area contributed by atoms with E-state index < -0.39 is 0 Å². The molecule has 0 atom stereocenters. The average molecular weight is 233 g/mol. The molecule has 1 aliphatic heterocycles. The maximum Gasteiger partial charge on any atom is 0.254 e. The lowest BCUT2D eigenvalue weighted by atomic mass is 10.1. The molecule has 0 aliphatic carbocycles. The van der Waals surface area contributed by atoms with Crippen LogP contribution in [0.1, 0.15) is 22.8 Å². The lowest BCUT2D eigenvalue weighted by Crippen LogP contribution is -2.48. The summed E-state index contributed by atoms with van der Waals surface area (Å²) in [5.41, 5.74) is 1.74. The van der Waals surface area contributed by atoms with Crippen molar-refractivity contribution in [1.29, 1.82) is 0 Å². The van der Waals surface area contributed by atoms with Crippen LogP contribution in [0, 0.1) is 6.92 Å². The molecule has 92 valence electrons. The van der Waals surface area contributed by atoms with Crippen LogP contribution < -0.4 is 0 Å². The van der Waals surface area contributed by atoms with Crippen molar-refractivity contribution in [1.82, 2.24) is 14.8 Å². The Morgan fingerprint density at radius 1 is 1.35 bits per heavy atom. The number of rotatable bonds is 2. The predicted octanol–water partition coefficient (Wildman–Crippen LogP) is 1.17. The van der Waals surface area contributed by atoms with Crippen LogP contribution in [0.5, 0.6) is 0 Å². The van der Waals surface area contributed by atoms with Gasteiger partial charge in [0.15, 0.2) is 0 Å². The summed E-state index contributed by atoms with van der Waals surface area (Å²) in [5, 5.41) is 0. The Balaban J connectivity index is 2.04. The molecule has 0 unspecified atom stereocenters. The summed E-state index contributed by atoms with van der Waals surface area (Å²) in [7, 11) is 0. The van der Waals surface area contributed by atoms with Gasteiger partial charge in [0.1, 0.15) is 0 Å². The van der Waals surface area contributed by atoms with E-state index in [9.17, 15) is 4.79 Å². The Hall–Kier alpha value is -1.42. The molecule has 0 N–H and O–H groups in total. The van der Waals surface area contributed by atoms with Crippen molar-refractivity contribution in [2.75, 3.05) is 32.7 Å². The Kier molecular flexibility index (Phi) is 3.74. The van der Waals surface area contributed by atoms with E-state index in [1.54, 1.807) is 12.4 Å². The smallest absolute Gasteiger partial charge is 0.254 e. The molecule has 1 amide bonds. The molecule has 0 aromatic carbocycles. The number of hydrogen-bond acceptors (Lipinski definition) is 3. The SMILES string of the molecule is CCN1CCN(C(=O)c2ccncc2C)CC1. The normalized spacial score (nSPS) is 17.2. The number of likely N-dealkylation sites (N-methyl/N-ethyl adjacent to an activating group) is 1. The maximum atomic E-state index is 12.3. The molecule has 1 fully saturated rings. The lowest BCUT2D eigenvalue weighted by Gasteiger charge is -2.34. The van der Waals surface area contributed by atoms with Crippen molar-refractivity contribution in [3.63, 3.8) is 0 Å². The molecular weight excluding hydrogens is 214 g/mol. The number of nitrogens with zero attached hydrogens (tertiary/aromatic N) is 3. The summed E-state index contributed by atoms with van der Waals surface area (Å²) in [6, 6.07) is 1.81. The highest BCUT2D eigenvalue weighted by molar-refractivity contribution is 5.95. The lowest BCUT2D eigenvalue weighted by molar-refractivity contribution is 0.0642. The van der Waals surface area contributed by atoms with Crippen LogP contribution in [0.15, 0.2) is 18.5 Å². The first-order valence-electron chi connectivity index (χ1n) is 6.14. The standard InChI is InChI=1S/C13H19N3O/c1-3-15-6-8-16(9-7-15)13(17)12-4-5-14-10-11(12)2/h4-5,10H,3,6-9H2,1-2H3. The predicted molar refractivity (Wildman–Crippen MR) is 67.0 cm³/mol. The molecule has 4 heteroatoms. The maximum absolute atomic E-state index is 12.3. The number of aryl methyl sites for hydroxylation is 1. The van der Waals surface area contributed by atoms with Gasteiger partial charge in [-0.1, -0.05) is 6.92 Å². The van der Waals surface area contributed by atoms with Crippen molar-refractivity contribution >= 4 is 5.91 Å². The van der Waals surface area contributed by atoms with Crippen LogP contribution in [-0.2, 0) is 0 Å². The quantitative estimate of drug-likeness (QED) is 0.769. The van der Waals surface area contributed by atoms with E-state index in [1.807, 2.05) is 17.9 Å². The fourth-order valence-electron chi connectivity index (χ4n) is 2.15. The molecule has 17 heavy (non-hydrogen) atoms. The second-order valence-corrected chi connectivity index (χ2v) is 4.42. The van der Waals surface area contributed by atoms with Crippen LogP contribution >= 0.6 is 0 Å². The topological polar surface area (TPSA) is 36.4 Å². The number of aromatic nitrogens is 1. The van der Waals surface area contributed by atoms with Gasteiger partial charge < -0.3 is 9.80 Å². The van der Waals surface area contributed by atoms with Crippen molar-refractivity contribution in [3.05, 3.63) is 29.6 Å². The van der Waals surface area contributed by atoms with Gasteiger partial charge in [-0.25, -0.2) is 0 Å². The Morgan fingerprint density at radius 3 is 2.65 bits per heavy atom. The molecule has 0 spiro atoms. The molecule has 0 radical (unpaired) electrons. The second-order valence-electron chi connectivity index (χ2n) is 4.42. The Bertz CT molecular complexity index is 397. The van der Waals surface area contributed by atoms with Crippen molar-refractivity contribution in [2.24, 2.45) is 0 Å². The minimum Gasteiger partial charge on any atom is -0.336 e. The number of hydrogen-bond donors (Lipinski definition) is 0. The van der Waals surface area contributed by atoms with Gasteiger partial charge in [-0.15, -0.1) is 0 Å². The molecule has 1 aromatic heterocycles. The molecule has 1 saturated heterocycles. The largest absolute Gasteiger partial charge is 0.336 e. The van der Waals surface area contributed by atoms with E-state index in [1.165, 1.54) is 0 Å². The molecule has 0 bridgehead atoms. The average Bonchev–Trinajstić information content (AvgIpc) is 2.39. The van der Waals surface area contributed by atoms with E-state index in [0.29, 0.717) is 0 Å². The third kappa shape index (κ3) is 2.64. The molecule has 1 aromatic rings. The van der Waals surface area contributed by atoms with Crippen molar-refractivity contribution < 1.29 is 4.79 Å². The van der Waals surface area contributed by atoms with Crippen molar-refractivity contribution in [2.45, 2.75) is 13.8 Å². The van der Waals surface area contributed by atoms with Gasteiger partial charge >= 0.3 is 0 Å². The summed E-state index contributed by atoms with van der Waals surface area (Å²) >= 11 is 0. The van der Waals surface area contributed by atoms with Crippen molar-refractivity contribution in [3.8, 4) is 0 Å². The van der Waals surface area contributed by atoms with Crippen LogP contribution in [-0.4, -0.2) is 53.4 Å². The van der Waals surface area contributed by atoms with Gasteiger partial charge in [-0.05, 0) is 25.1 Å². The molecule has 1 aliphatic rings. The summed E-state index contributed by atoms with van der Waals surface area (Å²) < 4.78 is 0. The third-order valence-electron chi connectivity index (χ3n) is 3.36. The first-order valence-corrected chi connectivity index (χ1v) is 6.14. The zero-order chi connectivity index (χ0) is 12.3. The van der Waals surface area contributed by atoms with Crippen LogP contribution in [0.3, 0.4) is 0 Å². The summed E-state index contributed by atoms with van der Waals surface area (Å²) in [6.45, 7) is 8.77. The summed E-state index contributed by atoms with van der Waals surface area (Å²) in [6.07, 6.45) is 3.43. The fourth-order valence-corrected chi connectivity index (χ4v) is 2.15. The Labute approximate surface area is 102 Å². The van der Waals surface area contributed by atoms with Crippen LogP contribution in [0.2, 0.25) is 0 Å². The third-order valence-corrected chi connectivity index (χ3v) is 3.36. The molecule has 4 nitrogen and oxygen atoms in total. The minimum absolute atomic E-state index is 0.139. The van der Waals surface area contributed by atoms with Crippen LogP contribution in [0.4, 0.5) is 0 Å². The van der Waals surface area contributed by atoms with Crippen LogP contribution in [0.25, 0.3) is 0 Å². The van der Waals surface area contributed by atoms with Gasteiger partial charge in [-0.3, -0.25) is 9.78 Å². The zero-order valence-electron chi connectivity index (χ0n) is 10.5. The summed E-state index contributed by atoms with van der Waals surface area (Å²) in [4.78, 5) is 20.6. The molecule has 2 heterocycles. The van der Waals surface area contributed by atoms with E-state index in [-0.39, 0.29) is 5.91 Å². The molecular formula is C13H19N3O. The van der Waals surface area contributed by atoms with Gasteiger partial charge in [-0.2, -0.15) is 0 Å². The monoisotopic (exact) mass is 233 g/mol. The fraction of sp³-hybridized carbons (Fsp3) is 0.538. The molecule has 2 rings (SSSR count). The van der Waals surface area contributed by atoms with Gasteiger partial charge in [0.2, 0.25) is 0 Å². The van der Waals surface area contributed by atoms with E-state index in [0.717, 1.165) is 43.9 Å². The number of amides is 1. The number of pyridine rings is 1. The summed E-state index contributed by atoms with van der Waals surface area (Å²) in [5.74, 6) is 0.139. The van der Waals surface area contributed by atoms with E-state index >= 15 is 0 Å². The number of piperazine rings is 1. The number of carbonyl (C=O) groups is 1. The van der Waals surface area contributed by atoms with Gasteiger partial charge in [0.25, 0.3) is 5.91 Å².